The van der Waals surface area contributed by atoms with Crippen molar-refractivity contribution in [3.63, 3.8) is 0 Å². The van der Waals surface area contributed by atoms with Crippen molar-refractivity contribution in [3.8, 4) is 11.4 Å². The molecule has 0 radical (unpaired) electrons. The van der Waals surface area contributed by atoms with E-state index in [0.29, 0.717) is 10.8 Å². The summed E-state index contributed by atoms with van der Waals surface area (Å²) in [6.07, 6.45) is 3.75. The molecule has 12 heteroatoms. The summed E-state index contributed by atoms with van der Waals surface area (Å²) in [5.74, 6) is -2.01. The maximum atomic E-state index is 14.9. The minimum atomic E-state index is -0.681. The molecule has 4 N–H and O–H groups in total. The van der Waals surface area contributed by atoms with Crippen molar-refractivity contribution in [2.45, 2.75) is 6.54 Å². The molecule has 0 unspecified atom stereocenters. The van der Waals surface area contributed by atoms with Crippen LogP contribution in [-0.4, -0.2) is 51.5 Å². The molecule has 1 amide bonds. The number of morpholine rings is 1. The SMILES string of the molecule is Nc1cccc(F)c1NC(=O)c1ccc(Nc2nc(-c3cnc4cc(CN5CCOCC5)ccn34)cs2)c(F)c1. The number of nitrogens with one attached hydrogen (secondary N) is 2. The first kappa shape index (κ1) is 25.9. The summed E-state index contributed by atoms with van der Waals surface area (Å²) in [5.41, 5.74) is 9.34. The molecule has 5 aromatic rings. The molecule has 2 aromatic carbocycles. The average molecular weight is 562 g/mol. The minimum Gasteiger partial charge on any atom is -0.397 e. The number of pyridine rings is 1. The van der Waals surface area contributed by atoms with Crippen LogP contribution in [0.4, 0.5) is 31.0 Å². The van der Waals surface area contributed by atoms with Crippen LogP contribution in [0.25, 0.3) is 17.0 Å². The molecule has 204 valence electrons. The zero-order valence-corrected chi connectivity index (χ0v) is 22.0. The van der Waals surface area contributed by atoms with E-state index in [9.17, 15) is 13.6 Å². The second-order valence-electron chi connectivity index (χ2n) is 9.31. The van der Waals surface area contributed by atoms with Gasteiger partial charge in [-0.3, -0.25) is 14.1 Å². The van der Waals surface area contributed by atoms with Gasteiger partial charge in [-0.05, 0) is 48.0 Å². The van der Waals surface area contributed by atoms with Crippen molar-refractivity contribution in [2.24, 2.45) is 0 Å². The molecule has 1 fully saturated rings. The van der Waals surface area contributed by atoms with Crippen LogP contribution in [-0.2, 0) is 11.3 Å². The molecule has 0 spiro atoms. The quantitative estimate of drug-likeness (QED) is 0.236. The van der Waals surface area contributed by atoms with Gasteiger partial charge < -0.3 is 21.1 Å². The fourth-order valence-corrected chi connectivity index (χ4v) is 5.22. The van der Waals surface area contributed by atoms with Crippen molar-refractivity contribution in [1.82, 2.24) is 19.3 Å². The number of halogens is 2. The van der Waals surface area contributed by atoms with Crippen LogP contribution < -0.4 is 16.4 Å². The molecular formula is C28H25F2N7O2S. The van der Waals surface area contributed by atoms with Gasteiger partial charge in [0.1, 0.15) is 28.7 Å². The third-order valence-electron chi connectivity index (χ3n) is 6.61. The van der Waals surface area contributed by atoms with Crippen LogP contribution >= 0.6 is 11.3 Å². The Hall–Kier alpha value is -4.39. The summed E-state index contributed by atoms with van der Waals surface area (Å²) in [6, 6.07) is 12.2. The summed E-state index contributed by atoms with van der Waals surface area (Å²) < 4.78 is 36.3. The topological polar surface area (TPSA) is 110 Å². The molecule has 9 nitrogen and oxygen atoms in total. The molecule has 6 rings (SSSR count). The zero-order valence-electron chi connectivity index (χ0n) is 21.2. The number of fused-ring (bicyclic) bond motifs is 1. The molecule has 40 heavy (non-hydrogen) atoms. The highest BCUT2D eigenvalue weighted by molar-refractivity contribution is 7.14. The largest absolute Gasteiger partial charge is 0.397 e. The first-order valence-electron chi connectivity index (χ1n) is 12.6. The highest BCUT2D eigenvalue weighted by Crippen LogP contribution is 2.30. The number of anilines is 4. The minimum absolute atomic E-state index is 0.0178. The first-order valence-corrected chi connectivity index (χ1v) is 13.5. The average Bonchev–Trinajstić information content (AvgIpc) is 3.59. The number of rotatable bonds is 7. The van der Waals surface area contributed by atoms with E-state index in [2.05, 4.69) is 37.6 Å². The molecule has 0 atom stereocenters. The zero-order chi connectivity index (χ0) is 27.6. The fraction of sp³-hybridized carbons (Fsp3) is 0.179. The van der Waals surface area contributed by atoms with Gasteiger partial charge in [0, 0.05) is 36.8 Å². The number of aromatic nitrogens is 3. The number of benzene rings is 2. The van der Waals surface area contributed by atoms with Crippen LogP contribution in [0.2, 0.25) is 0 Å². The lowest BCUT2D eigenvalue weighted by atomic mass is 10.1. The molecule has 3 aromatic heterocycles. The number of hydrogen-bond acceptors (Lipinski definition) is 8. The van der Waals surface area contributed by atoms with Gasteiger partial charge >= 0.3 is 0 Å². The predicted molar refractivity (Wildman–Crippen MR) is 151 cm³/mol. The van der Waals surface area contributed by atoms with Crippen molar-refractivity contribution >= 4 is 45.1 Å². The number of imidazole rings is 1. The number of para-hydroxylation sites is 1. The van der Waals surface area contributed by atoms with Gasteiger partial charge in [0.05, 0.1) is 36.5 Å². The van der Waals surface area contributed by atoms with E-state index < -0.39 is 17.5 Å². The Labute approximate surface area is 232 Å². The summed E-state index contributed by atoms with van der Waals surface area (Å²) in [6.45, 7) is 4.18. The number of carbonyl (C=O) groups is 1. The number of nitrogens with zero attached hydrogens (tertiary/aromatic N) is 4. The molecule has 0 bridgehead atoms. The lowest BCUT2D eigenvalue weighted by molar-refractivity contribution is 0.0342. The summed E-state index contributed by atoms with van der Waals surface area (Å²) >= 11 is 1.32. The highest BCUT2D eigenvalue weighted by atomic mass is 32.1. The second-order valence-corrected chi connectivity index (χ2v) is 10.2. The van der Waals surface area contributed by atoms with Crippen molar-refractivity contribution in [2.75, 3.05) is 42.7 Å². The van der Waals surface area contributed by atoms with Gasteiger partial charge in [0.25, 0.3) is 5.91 Å². The molecule has 4 heterocycles. The van der Waals surface area contributed by atoms with Gasteiger partial charge in [0.15, 0.2) is 5.13 Å². The molecule has 0 saturated carbocycles. The van der Waals surface area contributed by atoms with E-state index in [1.807, 2.05) is 16.0 Å². The maximum Gasteiger partial charge on any atom is 0.255 e. The van der Waals surface area contributed by atoms with E-state index in [1.54, 1.807) is 6.20 Å². The Morgan fingerprint density at radius 1 is 1.10 bits per heavy atom. The van der Waals surface area contributed by atoms with Crippen LogP contribution in [0, 0.1) is 11.6 Å². The standard InChI is InChI=1S/C28H25F2N7O2S/c29-19-2-1-3-21(31)26(19)35-27(38)18-4-5-22(20(30)13-18)33-28-34-23(16-40-28)24-14-32-25-12-17(6-7-37(24)25)15-36-8-10-39-11-9-36/h1-7,12-14,16H,8-11,15,31H2,(H,33,34)(H,35,38). The molecule has 1 saturated heterocycles. The number of ether oxygens (including phenoxy) is 1. The maximum absolute atomic E-state index is 14.9. The van der Waals surface area contributed by atoms with E-state index in [1.165, 1.54) is 47.2 Å². The van der Waals surface area contributed by atoms with Crippen LogP contribution in [0.15, 0.2) is 66.3 Å². The van der Waals surface area contributed by atoms with Gasteiger partial charge in [-0.25, -0.2) is 18.7 Å². The van der Waals surface area contributed by atoms with E-state index >= 15 is 0 Å². The molecule has 1 aliphatic heterocycles. The van der Waals surface area contributed by atoms with Crippen molar-refractivity contribution in [3.05, 3.63) is 89.1 Å². The number of nitrogen functional groups attached to an aromatic ring is 1. The third-order valence-corrected chi connectivity index (χ3v) is 7.37. The number of nitrogens with two attached hydrogens (primary N) is 1. The fourth-order valence-electron chi connectivity index (χ4n) is 4.51. The van der Waals surface area contributed by atoms with Gasteiger partial charge in [-0.1, -0.05) is 6.07 Å². The Kier molecular flexibility index (Phi) is 7.11. The van der Waals surface area contributed by atoms with E-state index in [4.69, 9.17) is 10.5 Å². The number of thiazole rings is 1. The van der Waals surface area contributed by atoms with Gasteiger partial charge in [0.2, 0.25) is 0 Å². The van der Waals surface area contributed by atoms with Crippen LogP contribution in [0.3, 0.4) is 0 Å². The monoisotopic (exact) mass is 561 g/mol. The van der Waals surface area contributed by atoms with E-state index in [-0.39, 0.29) is 22.6 Å². The summed E-state index contributed by atoms with van der Waals surface area (Å²) in [4.78, 5) is 24.1. The normalized spacial score (nSPS) is 13.9. The van der Waals surface area contributed by atoms with Crippen molar-refractivity contribution in [1.29, 1.82) is 0 Å². The van der Waals surface area contributed by atoms with Crippen LogP contribution in [0.5, 0.6) is 0 Å². The van der Waals surface area contributed by atoms with Gasteiger partial charge in [-0.15, -0.1) is 11.3 Å². The smallest absolute Gasteiger partial charge is 0.255 e. The predicted octanol–water partition coefficient (Wildman–Crippen LogP) is 5.15. The number of amides is 1. The molecule has 1 aliphatic rings. The summed E-state index contributed by atoms with van der Waals surface area (Å²) in [7, 11) is 0. The Morgan fingerprint density at radius 2 is 1.95 bits per heavy atom. The number of hydrogen-bond donors (Lipinski definition) is 3. The number of carbonyl (C=O) groups excluding carboxylic acids is 1. The summed E-state index contributed by atoms with van der Waals surface area (Å²) in [5, 5.41) is 7.71. The molecular weight excluding hydrogens is 536 g/mol. The van der Waals surface area contributed by atoms with E-state index in [0.717, 1.165) is 50.3 Å². The van der Waals surface area contributed by atoms with Crippen LogP contribution in [0.1, 0.15) is 15.9 Å². The first-order chi connectivity index (χ1) is 19.4. The molecule has 0 aliphatic carbocycles. The lowest BCUT2D eigenvalue weighted by Gasteiger charge is -2.26. The van der Waals surface area contributed by atoms with Crippen molar-refractivity contribution < 1.29 is 18.3 Å². The Morgan fingerprint density at radius 3 is 2.75 bits per heavy atom. The Balaban J connectivity index is 1.15. The third kappa shape index (κ3) is 5.37. The van der Waals surface area contributed by atoms with Gasteiger partial charge in [-0.2, -0.15) is 0 Å². The highest BCUT2D eigenvalue weighted by Gasteiger charge is 2.16. The Bertz CT molecular complexity index is 1680. The second kappa shape index (κ2) is 11.0. The lowest BCUT2D eigenvalue weighted by Crippen LogP contribution is -2.35.